The zero-order chi connectivity index (χ0) is 17.9. The molecule has 1 aliphatic heterocycles. The minimum Gasteiger partial charge on any atom is -0.478 e. The van der Waals surface area contributed by atoms with Crippen LogP contribution in [0.5, 0.6) is 0 Å². The van der Waals surface area contributed by atoms with Gasteiger partial charge in [0.1, 0.15) is 6.61 Å². The summed E-state index contributed by atoms with van der Waals surface area (Å²) in [5, 5.41) is 8.79. The van der Waals surface area contributed by atoms with Gasteiger partial charge in [-0.25, -0.2) is 9.59 Å². The van der Waals surface area contributed by atoms with Crippen molar-refractivity contribution in [2.24, 2.45) is 0 Å². The Morgan fingerprint density at radius 1 is 1.08 bits per heavy atom. The molecule has 0 aliphatic carbocycles. The Labute approximate surface area is 144 Å². The van der Waals surface area contributed by atoms with Crippen LogP contribution >= 0.6 is 0 Å². The van der Waals surface area contributed by atoms with E-state index in [0.29, 0.717) is 12.2 Å². The van der Waals surface area contributed by atoms with Gasteiger partial charge in [0.2, 0.25) is 0 Å². The number of ether oxygens (including phenoxy) is 1. The van der Waals surface area contributed by atoms with Crippen molar-refractivity contribution in [1.29, 1.82) is 0 Å². The summed E-state index contributed by atoms with van der Waals surface area (Å²) < 4.78 is 4.88. The van der Waals surface area contributed by atoms with Crippen LogP contribution in [0, 0.1) is 0 Å². The van der Waals surface area contributed by atoms with E-state index in [0.717, 1.165) is 44.1 Å². The fraction of sp³-hybridized carbons (Fsp3) is 0.500. The summed E-state index contributed by atoms with van der Waals surface area (Å²) in [7, 11) is 0. The number of carbonyl (C=O) groups excluding carboxylic acids is 1. The summed E-state index contributed by atoms with van der Waals surface area (Å²) in [6.07, 6.45) is 13.3. The van der Waals surface area contributed by atoms with Crippen LogP contribution in [0.1, 0.15) is 59.3 Å². The number of carbonyl (C=O) groups is 2. The molecule has 1 heterocycles. The molecule has 24 heavy (non-hydrogen) atoms. The van der Waals surface area contributed by atoms with E-state index >= 15 is 0 Å². The van der Waals surface area contributed by atoms with Crippen LogP contribution in [0.3, 0.4) is 0 Å². The third-order valence-corrected chi connectivity index (χ3v) is 4.04. The van der Waals surface area contributed by atoms with Gasteiger partial charge < -0.3 is 9.84 Å². The van der Waals surface area contributed by atoms with Gasteiger partial charge in [-0.15, -0.1) is 0 Å². The number of aliphatic carboxylic acids is 1. The van der Waals surface area contributed by atoms with Gasteiger partial charge in [-0.3, -0.25) is 0 Å². The molecule has 0 bridgehead atoms. The van der Waals surface area contributed by atoms with Gasteiger partial charge in [0, 0.05) is 11.6 Å². The van der Waals surface area contributed by atoms with E-state index in [-0.39, 0.29) is 5.97 Å². The fourth-order valence-corrected chi connectivity index (χ4v) is 2.42. The highest BCUT2D eigenvalue weighted by Gasteiger charge is 2.11. The van der Waals surface area contributed by atoms with Crippen molar-refractivity contribution < 1.29 is 19.4 Å². The van der Waals surface area contributed by atoms with Crippen LogP contribution in [0.4, 0.5) is 0 Å². The van der Waals surface area contributed by atoms with Crippen LogP contribution in [0.2, 0.25) is 0 Å². The first-order valence-electron chi connectivity index (χ1n) is 8.46. The number of carboxylic acid groups (broad SMARTS) is 1. The zero-order valence-electron chi connectivity index (χ0n) is 14.9. The Bertz CT molecular complexity index is 576. The second kappa shape index (κ2) is 10.6. The van der Waals surface area contributed by atoms with Gasteiger partial charge in [0.05, 0.1) is 0 Å². The number of cyclic esters (lactones) is 1. The third kappa shape index (κ3) is 8.51. The maximum absolute atomic E-state index is 10.9. The molecule has 0 spiro atoms. The predicted molar refractivity (Wildman–Crippen MR) is 95.7 cm³/mol. The lowest BCUT2D eigenvalue weighted by Crippen LogP contribution is -1.95. The van der Waals surface area contributed by atoms with Crippen LogP contribution in [-0.2, 0) is 14.3 Å². The largest absolute Gasteiger partial charge is 0.478 e. The van der Waals surface area contributed by atoms with Gasteiger partial charge in [0.15, 0.2) is 0 Å². The summed E-state index contributed by atoms with van der Waals surface area (Å²) in [6, 6.07) is 0. The van der Waals surface area contributed by atoms with E-state index in [1.807, 2.05) is 0 Å². The lowest BCUT2D eigenvalue weighted by atomic mass is 10.0. The second-order valence-electron chi connectivity index (χ2n) is 6.32. The predicted octanol–water partition coefficient (Wildman–Crippen LogP) is 4.73. The topological polar surface area (TPSA) is 63.6 Å². The van der Waals surface area contributed by atoms with Gasteiger partial charge in [-0.2, -0.15) is 0 Å². The van der Waals surface area contributed by atoms with Gasteiger partial charge in [0.25, 0.3) is 0 Å². The molecule has 132 valence electrons. The highest BCUT2D eigenvalue weighted by molar-refractivity contribution is 5.85. The summed E-state index contributed by atoms with van der Waals surface area (Å²) >= 11 is 0. The molecule has 0 atom stereocenters. The third-order valence-electron chi connectivity index (χ3n) is 4.04. The van der Waals surface area contributed by atoms with Crippen molar-refractivity contribution in [3.8, 4) is 0 Å². The van der Waals surface area contributed by atoms with E-state index in [2.05, 4.69) is 26.0 Å². The summed E-state index contributed by atoms with van der Waals surface area (Å²) in [4.78, 5) is 21.6. The minimum atomic E-state index is -0.846. The SMILES string of the molecule is CC(=CCCC(C)=CCCC1=CC(=O)OC1)CCC=C(C)C(=O)O. The van der Waals surface area contributed by atoms with Crippen molar-refractivity contribution in [2.45, 2.75) is 59.3 Å². The van der Waals surface area contributed by atoms with Gasteiger partial charge in [-0.05, 0) is 64.9 Å². The Morgan fingerprint density at radius 3 is 2.21 bits per heavy atom. The second-order valence-corrected chi connectivity index (χ2v) is 6.32. The van der Waals surface area contributed by atoms with Crippen molar-refractivity contribution in [3.63, 3.8) is 0 Å². The maximum Gasteiger partial charge on any atom is 0.331 e. The minimum absolute atomic E-state index is 0.222. The van der Waals surface area contributed by atoms with Crippen LogP contribution in [0.25, 0.3) is 0 Å². The molecule has 1 N–H and O–H groups in total. The first kappa shape index (κ1) is 19.9. The molecule has 4 heteroatoms. The molecule has 0 radical (unpaired) electrons. The van der Waals surface area contributed by atoms with Crippen molar-refractivity contribution >= 4 is 11.9 Å². The lowest BCUT2D eigenvalue weighted by molar-refractivity contribution is -0.135. The Kier molecular flexibility index (Phi) is 8.84. The molecule has 4 nitrogen and oxygen atoms in total. The maximum atomic E-state index is 10.9. The van der Waals surface area contributed by atoms with E-state index in [1.165, 1.54) is 11.1 Å². The lowest BCUT2D eigenvalue weighted by Gasteiger charge is -2.02. The fourth-order valence-electron chi connectivity index (χ4n) is 2.42. The summed E-state index contributed by atoms with van der Waals surface area (Å²) in [6.45, 7) is 6.29. The molecule has 0 aromatic heterocycles. The molecule has 0 aromatic carbocycles. The normalized spacial score (nSPS) is 16.2. The first-order chi connectivity index (χ1) is 11.4. The standard InChI is InChI=1S/C20H28O4/c1-15(9-5-11-17(3)20(22)23)7-4-8-16(2)10-6-12-18-13-19(21)24-14-18/h7,10-11,13H,4-6,8-9,12,14H2,1-3H3,(H,22,23). The highest BCUT2D eigenvalue weighted by Crippen LogP contribution is 2.15. The van der Waals surface area contributed by atoms with Crippen molar-refractivity contribution in [2.75, 3.05) is 6.61 Å². The zero-order valence-corrected chi connectivity index (χ0v) is 14.9. The molecule has 1 aliphatic rings. The molecule has 0 saturated heterocycles. The molecular weight excluding hydrogens is 304 g/mol. The molecular formula is C20H28O4. The summed E-state index contributed by atoms with van der Waals surface area (Å²) in [5.41, 5.74) is 4.13. The number of hydrogen-bond acceptors (Lipinski definition) is 3. The Balaban J connectivity index is 2.23. The number of allylic oxidation sites excluding steroid dienone is 5. The number of rotatable bonds is 10. The molecule has 0 aromatic rings. The summed E-state index contributed by atoms with van der Waals surface area (Å²) in [5.74, 6) is -1.07. The average Bonchev–Trinajstić information content (AvgIpc) is 2.92. The van der Waals surface area contributed by atoms with E-state index in [9.17, 15) is 9.59 Å². The molecule has 0 fully saturated rings. The number of esters is 1. The van der Waals surface area contributed by atoms with Crippen LogP contribution in [-0.4, -0.2) is 23.7 Å². The van der Waals surface area contributed by atoms with Gasteiger partial charge in [-0.1, -0.05) is 29.4 Å². The number of carboxylic acids is 1. The first-order valence-corrected chi connectivity index (χ1v) is 8.46. The Morgan fingerprint density at radius 2 is 1.67 bits per heavy atom. The van der Waals surface area contributed by atoms with Crippen LogP contribution < -0.4 is 0 Å². The Hall–Kier alpha value is -2.10. The molecule has 0 saturated carbocycles. The molecule has 0 unspecified atom stereocenters. The van der Waals surface area contributed by atoms with Crippen LogP contribution in [0.15, 0.2) is 46.6 Å². The van der Waals surface area contributed by atoms with Crippen molar-refractivity contribution in [1.82, 2.24) is 0 Å². The molecule has 0 amide bonds. The number of hydrogen-bond donors (Lipinski definition) is 1. The highest BCUT2D eigenvalue weighted by atomic mass is 16.5. The smallest absolute Gasteiger partial charge is 0.331 e. The van der Waals surface area contributed by atoms with Crippen molar-refractivity contribution in [3.05, 3.63) is 46.6 Å². The van der Waals surface area contributed by atoms with E-state index in [4.69, 9.17) is 9.84 Å². The monoisotopic (exact) mass is 332 g/mol. The van der Waals surface area contributed by atoms with E-state index in [1.54, 1.807) is 19.1 Å². The quantitative estimate of drug-likeness (QED) is 0.357. The van der Waals surface area contributed by atoms with Gasteiger partial charge >= 0.3 is 11.9 Å². The molecule has 1 rings (SSSR count). The van der Waals surface area contributed by atoms with E-state index < -0.39 is 5.97 Å². The average molecular weight is 332 g/mol.